The Morgan fingerprint density at radius 3 is 2.74 bits per heavy atom. The van der Waals surface area contributed by atoms with Gasteiger partial charge in [0, 0.05) is 28.5 Å². The predicted octanol–water partition coefficient (Wildman–Crippen LogP) is 4.39. The van der Waals surface area contributed by atoms with Gasteiger partial charge >= 0.3 is 5.97 Å². The molecule has 31 heavy (non-hydrogen) atoms. The topological polar surface area (TPSA) is 62.6 Å². The highest BCUT2D eigenvalue weighted by atomic mass is 19.1. The molecule has 0 spiro atoms. The summed E-state index contributed by atoms with van der Waals surface area (Å²) in [5, 5.41) is 4.46. The highest BCUT2D eigenvalue weighted by Crippen LogP contribution is 2.30. The molecular weight excluding hydrogens is 406 g/mol. The van der Waals surface area contributed by atoms with Gasteiger partial charge in [0.15, 0.2) is 6.79 Å². The smallest absolute Gasteiger partial charge is 0.331 e. The lowest BCUT2D eigenvalue weighted by molar-refractivity contribution is -0.139. The van der Waals surface area contributed by atoms with Crippen molar-refractivity contribution in [3.05, 3.63) is 82.2 Å². The Morgan fingerprint density at radius 2 is 1.97 bits per heavy atom. The molecule has 6 nitrogen and oxygen atoms in total. The number of hydrogen-bond donors (Lipinski definition) is 0. The van der Waals surface area contributed by atoms with Gasteiger partial charge in [-0.2, -0.15) is 5.10 Å². The van der Waals surface area contributed by atoms with Gasteiger partial charge in [0.05, 0.1) is 18.0 Å². The number of esters is 1. The second-order valence-electron chi connectivity index (χ2n) is 7.08. The number of rotatable bonds is 5. The lowest BCUT2D eigenvalue weighted by Gasteiger charge is -2.20. The van der Waals surface area contributed by atoms with Gasteiger partial charge in [0.1, 0.15) is 24.0 Å². The highest BCUT2D eigenvalue weighted by Gasteiger charge is 2.18. The zero-order valence-corrected chi connectivity index (χ0v) is 17.0. The summed E-state index contributed by atoms with van der Waals surface area (Å²) in [5.74, 6) is -0.880. The van der Waals surface area contributed by atoms with Crippen molar-refractivity contribution in [1.29, 1.82) is 0 Å². The van der Waals surface area contributed by atoms with E-state index in [-0.39, 0.29) is 25.8 Å². The molecule has 0 saturated heterocycles. The molecule has 1 aliphatic rings. The van der Waals surface area contributed by atoms with Gasteiger partial charge in [0.25, 0.3) is 0 Å². The van der Waals surface area contributed by atoms with E-state index < -0.39 is 11.8 Å². The molecule has 0 fully saturated rings. The van der Waals surface area contributed by atoms with Crippen LogP contribution in [0.25, 0.3) is 11.8 Å². The SMILES string of the molecule is Cc1nn(-c2ccc(F)cc2)c(C)c1/C=C/C(=O)OCc1cc(F)cc2c1OCOC2. The van der Waals surface area contributed by atoms with Crippen LogP contribution in [0.15, 0.2) is 42.5 Å². The second kappa shape index (κ2) is 8.69. The van der Waals surface area contributed by atoms with Crippen LogP contribution in [0, 0.1) is 25.5 Å². The average molecular weight is 426 g/mol. The van der Waals surface area contributed by atoms with Crippen molar-refractivity contribution in [3.8, 4) is 11.4 Å². The van der Waals surface area contributed by atoms with Gasteiger partial charge in [-0.1, -0.05) is 0 Å². The Kier molecular flexibility index (Phi) is 5.81. The summed E-state index contributed by atoms with van der Waals surface area (Å²) in [6, 6.07) is 8.60. The first-order valence-corrected chi connectivity index (χ1v) is 9.61. The minimum Gasteiger partial charge on any atom is -0.467 e. The van der Waals surface area contributed by atoms with E-state index in [4.69, 9.17) is 14.2 Å². The number of aryl methyl sites for hydroxylation is 1. The molecule has 0 amide bonds. The molecule has 0 N–H and O–H groups in total. The molecule has 1 aliphatic heterocycles. The summed E-state index contributed by atoms with van der Waals surface area (Å²) in [4.78, 5) is 12.2. The van der Waals surface area contributed by atoms with Gasteiger partial charge in [0.2, 0.25) is 0 Å². The Labute approximate surface area is 177 Å². The molecular formula is C23H20F2N2O4. The normalized spacial score (nSPS) is 13.2. The summed E-state index contributed by atoms with van der Waals surface area (Å²) in [6.45, 7) is 3.85. The second-order valence-corrected chi connectivity index (χ2v) is 7.08. The van der Waals surface area contributed by atoms with Crippen molar-refractivity contribution in [2.24, 2.45) is 0 Å². The summed E-state index contributed by atoms with van der Waals surface area (Å²) >= 11 is 0. The summed E-state index contributed by atoms with van der Waals surface area (Å²) in [7, 11) is 0. The van der Waals surface area contributed by atoms with E-state index >= 15 is 0 Å². The van der Waals surface area contributed by atoms with Crippen molar-refractivity contribution >= 4 is 12.0 Å². The fourth-order valence-corrected chi connectivity index (χ4v) is 3.44. The van der Waals surface area contributed by atoms with E-state index in [2.05, 4.69) is 5.10 Å². The van der Waals surface area contributed by atoms with Crippen LogP contribution in [-0.4, -0.2) is 22.5 Å². The Bertz CT molecular complexity index is 1150. The predicted molar refractivity (Wildman–Crippen MR) is 109 cm³/mol. The lowest BCUT2D eigenvalue weighted by Crippen LogP contribution is -2.14. The first-order valence-electron chi connectivity index (χ1n) is 9.61. The molecule has 0 unspecified atom stereocenters. The summed E-state index contributed by atoms with van der Waals surface area (Å²) in [5.41, 5.74) is 3.98. The Balaban J connectivity index is 1.47. The van der Waals surface area contributed by atoms with Crippen molar-refractivity contribution in [1.82, 2.24) is 9.78 Å². The zero-order chi connectivity index (χ0) is 22.0. The third kappa shape index (κ3) is 4.49. The average Bonchev–Trinajstić information content (AvgIpc) is 3.04. The quantitative estimate of drug-likeness (QED) is 0.447. The van der Waals surface area contributed by atoms with E-state index in [0.29, 0.717) is 28.3 Å². The largest absolute Gasteiger partial charge is 0.467 e. The third-order valence-corrected chi connectivity index (χ3v) is 4.93. The zero-order valence-electron chi connectivity index (χ0n) is 17.0. The summed E-state index contributed by atoms with van der Waals surface area (Å²) < 4.78 is 44.5. The van der Waals surface area contributed by atoms with E-state index in [9.17, 15) is 13.6 Å². The van der Waals surface area contributed by atoms with Crippen LogP contribution >= 0.6 is 0 Å². The van der Waals surface area contributed by atoms with Crippen LogP contribution < -0.4 is 4.74 Å². The summed E-state index contributed by atoms with van der Waals surface area (Å²) in [6.07, 6.45) is 2.91. The molecule has 2 heterocycles. The van der Waals surface area contributed by atoms with Crippen LogP contribution in [0.5, 0.6) is 5.75 Å². The molecule has 0 aliphatic carbocycles. The molecule has 3 aromatic rings. The number of carbonyl (C=O) groups excluding carboxylic acids is 1. The first kappa shape index (κ1) is 20.7. The number of nitrogens with zero attached hydrogens (tertiary/aromatic N) is 2. The van der Waals surface area contributed by atoms with E-state index in [0.717, 1.165) is 11.3 Å². The Hall–Kier alpha value is -3.52. The monoisotopic (exact) mass is 426 g/mol. The van der Waals surface area contributed by atoms with Gasteiger partial charge in [-0.15, -0.1) is 0 Å². The molecule has 2 aromatic carbocycles. The van der Waals surface area contributed by atoms with Crippen molar-refractivity contribution in [2.45, 2.75) is 27.1 Å². The number of aromatic nitrogens is 2. The fraction of sp³-hybridized carbons (Fsp3) is 0.217. The van der Waals surface area contributed by atoms with Gasteiger partial charge in [-0.3, -0.25) is 0 Å². The van der Waals surface area contributed by atoms with Crippen molar-refractivity contribution < 1.29 is 27.8 Å². The molecule has 1 aromatic heterocycles. The number of carbonyl (C=O) groups is 1. The number of ether oxygens (including phenoxy) is 3. The molecule has 8 heteroatoms. The number of benzene rings is 2. The fourth-order valence-electron chi connectivity index (χ4n) is 3.44. The Morgan fingerprint density at radius 1 is 1.19 bits per heavy atom. The maximum absolute atomic E-state index is 13.8. The molecule has 0 atom stereocenters. The van der Waals surface area contributed by atoms with Crippen molar-refractivity contribution in [3.63, 3.8) is 0 Å². The minimum absolute atomic E-state index is 0.0656. The van der Waals surface area contributed by atoms with Gasteiger partial charge in [-0.25, -0.2) is 18.3 Å². The van der Waals surface area contributed by atoms with Crippen LogP contribution in [0.4, 0.5) is 8.78 Å². The van der Waals surface area contributed by atoms with Crippen LogP contribution in [0.2, 0.25) is 0 Å². The molecule has 0 radical (unpaired) electrons. The molecule has 0 bridgehead atoms. The van der Waals surface area contributed by atoms with E-state index in [1.54, 1.807) is 22.9 Å². The molecule has 160 valence electrons. The van der Waals surface area contributed by atoms with Gasteiger partial charge in [-0.05, 0) is 56.3 Å². The van der Waals surface area contributed by atoms with E-state index in [1.807, 2.05) is 13.8 Å². The molecule has 4 rings (SSSR count). The van der Waals surface area contributed by atoms with Crippen LogP contribution in [-0.2, 0) is 27.5 Å². The lowest BCUT2D eigenvalue weighted by atomic mass is 10.1. The maximum atomic E-state index is 13.8. The molecule has 0 saturated carbocycles. The van der Waals surface area contributed by atoms with E-state index in [1.165, 1.54) is 30.3 Å². The van der Waals surface area contributed by atoms with Gasteiger partial charge < -0.3 is 14.2 Å². The maximum Gasteiger partial charge on any atom is 0.331 e. The van der Waals surface area contributed by atoms with Crippen molar-refractivity contribution in [2.75, 3.05) is 6.79 Å². The number of halogens is 2. The van der Waals surface area contributed by atoms with Crippen LogP contribution in [0.3, 0.4) is 0 Å². The standard InChI is InChI=1S/C23H20F2N2O4/c1-14-21(15(2)27(26-14)20-5-3-18(24)4-6-20)7-8-22(28)30-12-17-10-19(25)9-16-11-29-13-31-23(16)17/h3-10H,11-13H2,1-2H3/b8-7+. The highest BCUT2D eigenvalue weighted by molar-refractivity contribution is 5.87. The van der Waals surface area contributed by atoms with Crippen LogP contribution in [0.1, 0.15) is 28.1 Å². The number of hydrogen-bond acceptors (Lipinski definition) is 5. The minimum atomic E-state index is -0.585. The number of fused-ring (bicyclic) bond motifs is 1. The third-order valence-electron chi connectivity index (χ3n) is 4.93. The first-order chi connectivity index (χ1) is 14.9.